The van der Waals surface area contributed by atoms with Crippen LogP contribution in [-0.2, 0) is 9.47 Å². The quantitative estimate of drug-likeness (QED) is 0.304. The van der Waals surface area contributed by atoms with Gasteiger partial charge in [0.2, 0.25) is 0 Å². The molecule has 1 aromatic rings. The van der Waals surface area contributed by atoms with E-state index in [4.69, 9.17) is 18.9 Å². The molecule has 0 spiro atoms. The Balaban J connectivity index is 3.19. The van der Waals surface area contributed by atoms with Crippen LogP contribution in [0.2, 0.25) is 0 Å². The number of rotatable bonds is 13. The van der Waals surface area contributed by atoms with Crippen molar-refractivity contribution in [3.8, 4) is 11.5 Å². The first-order chi connectivity index (χ1) is 13.2. The third-order valence-electron chi connectivity index (χ3n) is 4.17. The van der Waals surface area contributed by atoms with E-state index in [2.05, 4.69) is 20.1 Å². The predicted octanol–water partition coefficient (Wildman–Crippen LogP) is 4.54. The molecule has 0 saturated heterocycles. The van der Waals surface area contributed by atoms with Crippen LogP contribution in [-0.4, -0.2) is 43.9 Å². The van der Waals surface area contributed by atoms with Gasteiger partial charge >= 0.3 is 0 Å². The van der Waals surface area contributed by atoms with Crippen LogP contribution < -0.4 is 9.47 Å². The highest BCUT2D eigenvalue weighted by atomic mass is 16.7. The topological polar surface area (TPSA) is 57.2 Å². The standard InChI is InChI=1S/C23H34O5/c1-8-12-26-13-10-11-17(3)19-15-20(27-16-25-7)18(4)14-21(19)28-22(9-2)23(5,6)24/h8-11,14-15,17,22,24H,1-2,12-13,16H2,3-7H3/b11-10+/t17-,22-/m1/s1. The highest BCUT2D eigenvalue weighted by molar-refractivity contribution is 5.48. The minimum Gasteiger partial charge on any atom is -0.483 e. The smallest absolute Gasteiger partial charge is 0.188 e. The first kappa shape index (κ1) is 24.0. The summed E-state index contributed by atoms with van der Waals surface area (Å²) in [6, 6.07) is 3.87. The van der Waals surface area contributed by atoms with E-state index in [1.54, 1.807) is 33.1 Å². The van der Waals surface area contributed by atoms with E-state index in [1.807, 2.05) is 31.2 Å². The summed E-state index contributed by atoms with van der Waals surface area (Å²) in [6.45, 7) is 16.0. The number of benzene rings is 1. The Morgan fingerprint density at radius 1 is 1.18 bits per heavy atom. The molecule has 1 rings (SSSR count). The molecule has 156 valence electrons. The molecule has 1 aromatic carbocycles. The minimum absolute atomic E-state index is 0.0418. The van der Waals surface area contributed by atoms with Crippen LogP contribution in [0.5, 0.6) is 11.5 Å². The van der Waals surface area contributed by atoms with Crippen LogP contribution in [0.4, 0.5) is 0 Å². The van der Waals surface area contributed by atoms with Crippen LogP contribution in [0.15, 0.2) is 49.6 Å². The van der Waals surface area contributed by atoms with E-state index in [1.165, 1.54) is 0 Å². The zero-order valence-electron chi connectivity index (χ0n) is 17.7. The molecular formula is C23H34O5. The molecule has 0 aliphatic heterocycles. The van der Waals surface area contributed by atoms with Crippen LogP contribution in [0.1, 0.15) is 37.8 Å². The van der Waals surface area contributed by atoms with Gasteiger partial charge in [-0.1, -0.05) is 31.7 Å². The molecule has 0 amide bonds. The van der Waals surface area contributed by atoms with E-state index in [0.29, 0.717) is 19.0 Å². The van der Waals surface area contributed by atoms with Gasteiger partial charge in [0.25, 0.3) is 0 Å². The van der Waals surface area contributed by atoms with Crippen LogP contribution >= 0.6 is 0 Å². The summed E-state index contributed by atoms with van der Waals surface area (Å²) in [4.78, 5) is 0. The van der Waals surface area contributed by atoms with Gasteiger partial charge in [0.05, 0.1) is 18.8 Å². The highest BCUT2D eigenvalue weighted by Gasteiger charge is 2.27. The SMILES string of the molecule is C=CCOC/C=C/[C@@H](C)c1cc(OCOC)c(C)cc1O[C@H](C=C)C(C)(C)O. The van der Waals surface area contributed by atoms with Crippen molar-refractivity contribution in [2.45, 2.75) is 45.3 Å². The van der Waals surface area contributed by atoms with Crippen molar-refractivity contribution in [3.05, 3.63) is 60.7 Å². The Morgan fingerprint density at radius 3 is 2.46 bits per heavy atom. The number of ether oxygens (including phenoxy) is 4. The minimum atomic E-state index is -1.06. The molecule has 0 bridgehead atoms. The molecule has 5 nitrogen and oxygen atoms in total. The van der Waals surface area contributed by atoms with Crippen molar-refractivity contribution in [2.75, 3.05) is 27.1 Å². The molecule has 5 heteroatoms. The van der Waals surface area contributed by atoms with Crippen molar-refractivity contribution >= 4 is 0 Å². The van der Waals surface area contributed by atoms with Crippen LogP contribution in [0.3, 0.4) is 0 Å². The van der Waals surface area contributed by atoms with Gasteiger partial charge in [0.1, 0.15) is 17.6 Å². The van der Waals surface area contributed by atoms with Crippen molar-refractivity contribution < 1.29 is 24.1 Å². The summed E-state index contributed by atoms with van der Waals surface area (Å²) in [5, 5.41) is 10.4. The van der Waals surface area contributed by atoms with E-state index >= 15 is 0 Å². The number of aryl methyl sites for hydroxylation is 1. The van der Waals surface area contributed by atoms with E-state index in [-0.39, 0.29) is 12.7 Å². The first-order valence-electron chi connectivity index (χ1n) is 9.37. The number of allylic oxidation sites excluding steroid dienone is 1. The lowest BCUT2D eigenvalue weighted by Gasteiger charge is -2.29. The Hall–Kier alpha value is -2.08. The molecule has 0 heterocycles. The maximum atomic E-state index is 10.4. The van der Waals surface area contributed by atoms with Crippen molar-refractivity contribution in [3.63, 3.8) is 0 Å². The fourth-order valence-electron chi connectivity index (χ4n) is 2.61. The third kappa shape index (κ3) is 7.50. The second-order valence-corrected chi connectivity index (χ2v) is 7.18. The molecule has 0 unspecified atom stereocenters. The van der Waals surface area contributed by atoms with Gasteiger partial charge in [-0.15, -0.1) is 6.58 Å². The molecule has 1 N–H and O–H groups in total. The molecule has 0 aliphatic carbocycles. The average Bonchev–Trinajstić information content (AvgIpc) is 2.63. The molecule has 0 saturated carbocycles. The maximum absolute atomic E-state index is 10.4. The number of hydrogen-bond acceptors (Lipinski definition) is 5. The van der Waals surface area contributed by atoms with Crippen molar-refractivity contribution in [1.82, 2.24) is 0 Å². The number of hydrogen-bond donors (Lipinski definition) is 1. The van der Waals surface area contributed by atoms with Gasteiger partial charge < -0.3 is 24.1 Å². The number of methoxy groups -OCH3 is 1. The Kier molecular flexibility index (Phi) is 10.0. The van der Waals surface area contributed by atoms with E-state index in [9.17, 15) is 5.11 Å². The Labute approximate surface area is 169 Å². The van der Waals surface area contributed by atoms with Gasteiger partial charge in [-0.25, -0.2) is 0 Å². The summed E-state index contributed by atoms with van der Waals surface area (Å²) in [5.74, 6) is 1.45. The van der Waals surface area contributed by atoms with Crippen molar-refractivity contribution in [1.29, 1.82) is 0 Å². The third-order valence-corrected chi connectivity index (χ3v) is 4.17. The van der Waals surface area contributed by atoms with Gasteiger partial charge in [0, 0.05) is 18.6 Å². The molecule has 0 aliphatic rings. The lowest BCUT2D eigenvalue weighted by atomic mass is 9.96. The van der Waals surface area contributed by atoms with Gasteiger partial charge in [-0.2, -0.15) is 0 Å². The molecule has 28 heavy (non-hydrogen) atoms. The van der Waals surface area contributed by atoms with Crippen molar-refractivity contribution in [2.24, 2.45) is 0 Å². The zero-order chi connectivity index (χ0) is 21.2. The second-order valence-electron chi connectivity index (χ2n) is 7.18. The average molecular weight is 391 g/mol. The summed E-state index contributed by atoms with van der Waals surface area (Å²) in [5.41, 5.74) is 0.795. The van der Waals surface area contributed by atoms with E-state index < -0.39 is 11.7 Å². The summed E-state index contributed by atoms with van der Waals surface area (Å²) < 4.78 is 22.2. The monoisotopic (exact) mass is 390 g/mol. The highest BCUT2D eigenvalue weighted by Crippen LogP contribution is 2.36. The normalized spacial score (nSPS) is 13.9. The fraction of sp³-hybridized carbons (Fsp3) is 0.478. The Morgan fingerprint density at radius 2 is 1.89 bits per heavy atom. The van der Waals surface area contributed by atoms with E-state index in [0.717, 1.165) is 16.9 Å². The van der Waals surface area contributed by atoms with Gasteiger partial charge in [0.15, 0.2) is 6.79 Å². The maximum Gasteiger partial charge on any atom is 0.188 e. The largest absolute Gasteiger partial charge is 0.483 e. The lowest BCUT2D eigenvalue weighted by Crippen LogP contribution is -2.39. The Bertz CT molecular complexity index is 658. The van der Waals surface area contributed by atoms with Gasteiger partial charge in [-0.3, -0.25) is 0 Å². The molecule has 2 atom stereocenters. The molecule has 0 aromatic heterocycles. The summed E-state index contributed by atoms with van der Waals surface area (Å²) in [6.07, 6.45) is 6.79. The predicted molar refractivity (Wildman–Crippen MR) is 113 cm³/mol. The molecular weight excluding hydrogens is 356 g/mol. The lowest BCUT2D eigenvalue weighted by molar-refractivity contribution is -0.0102. The first-order valence-corrected chi connectivity index (χ1v) is 9.37. The molecule has 0 fully saturated rings. The fourth-order valence-corrected chi connectivity index (χ4v) is 2.61. The molecule has 0 radical (unpaired) electrons. The summed E-state index contributed by atoms with van der Waals surface area (Å²) in [7, 11) is 1.58. The van der Waals surface area contributed by atoms with Crippen LogP contribution in [0.25, 0.3) is 0 Å². The zero-order valence-corrected chi connectivity index (χ0v) is 17.7. The van der Waals surface area contributed by atoms with Gasteiger partial charge in [-0.05, 0) is 44.5 Å². The number of aliphatic hydroxyl groups is 1. The van der Waals surface area contributed by atoms with Crippen LogP contribution in [0, 0.1) is 6.92 Å². The summed E-state index contributed by atoms with van der Waals surface area (Å²) >= 11 is 0. The second kappa shape index (κ2) is 11.7.